The Kier molecular flexibility index (Phi) is 10.3. The molecule has 1 atom stereocenters. The Morgan fingerprint density at radius 2 is 1.83 bits per heavy atom. The molecule has 0 radical (unpaired) electrons. The van der Waals surface area contributed by atoms with E-state index in [-0.39, 0.29) is 34.4 Å². The van der Waals surface area contributed by atoms with Gasteiger partial charge in [-0.3, -0.25) is 4.79 Å². The van der Waals surface area contributed by atoms with Gasteiger partial charge in [0, 0.05) is 50.6 Å². The highest BCUT2D eigenvalue weighted by Gasteiger charge is 2.33. The molecule has 200 valence electrons. The Morgan fingerprint density at radius 3 is 2.56 bits per heavy atom. The maximum atomic E-state index is 12.9. The first-order valence-electron chi connectivity index (χ1n) is 11.7. The zero-order chi connectivity index (χ0) is 22.8. The quantitative estimate of drug-likeness (QED) is 0.527. The maximum absolute atomic E-state index is 12.9. The molecule has 36 heavy (non-hydrogen) atoms. The SMILES string of the molecule is COc1ncc(N2CCc3ncnc(O[C@H]4CCN(C(=O)C5CCOCC5)C4)c3C2)cc1C.O.O.O. The number of carbonyl (C=O) groups excluding carboxylic acids is 1. The highest BCUT2D eigenvalue weighted by atomic mass is 16.5. The van der Waals surface area contributed by atoms with Crippen LogP contribution in [0.25, 0.3) is 0 Å². The number of hydrogen-bond acceptors (Lipinski definition) is 8. The summed E-state index contributed by atoms with van der Waals surface area (Å²) in [7, 11) is 1.63. The van der Waals surface area contributed by atoms with E-state index >= 15 is 0 Å². The topological polar surface area (TPSA) is 184 Å². The van der Waals surface area contributed by atoms with Crippen LogP contribution in [-0.2, 0) is 22.5 Å². The smallest absolute Gasteiger partial charge is 0.225 e. The van der Waals surface area contributed by atoms with Gasteiger partial charge in [0.15, 0.2) is 0 Å². The highest BCUT2D eigenvalue weighted by molar-refractivity contribution is 5.79. The Balaban J connectivity index is 0.00000152. The third kappa shape index (κ3) is 6.01. The second-order valence-corrected chi connectivity index (χ2v) is 8.99. The van der Waals surface area contributed by atoms with E-state index in [0.717, 1.165) is 61.3 Å². The molecule has 0 spiro atoms. The molecule has 6 N–H and O–H groups in total. The summed E-state index contributed by atoms with van der Waals surface area (Å²) in [5.74, 6) is 1.60. The molecular formula is C24H37N5O7. The first-order valence-corrected chi connectivity index (χ1v) is 11.7. The van der Waals surface area contributed by atoms with Crippen LogP contribution in [0, 0.1) is 12.8 Å². The van der Waals surface area contributed by atoms with Crippen molar-refractivity contribution in [2.24, 2.45) is 5.92 Å². The van der Waals surface area contributed by atoms with Crippen LogP contribution in [0.15, 0.2) is 18.6 Å². The van der Waals surface area contributed by atoms with Gasteiger partial charge < -0.3 is 40.4 Å². The minimum Gasteiger partial charge on any atom is -0.481 e. The number of fused-ring (bicyclic) bond motifs is 1. The molecule has 0 saturated carbocycles. The lowest BCUT2D eigenvalue weighted by Gasteiger charge is -2.31. The van der Waals surface area contributed by atoms with Crippen LogP contribution in [0.5, 0.6) is 11.8 Å². The van der Waals surface area contributed by atoms with Gasteiger partial charge in [0.05, 0.1) is 43.3 Å². The van der Waals surface area contributed by atoms with Gasteiger partial charge in [-0.05, 0) is 25.8 Å². The lowest BCUT2D eigenvalue weighted by Crippen LogP contribution is -2.38. The number of aromatic nitrogens is 3. The number of methoxy groups -OCH3 is 1. The molecule has 1 amide bonds. The monoisotopic (exact) mass is 507 g/mol. The third-order valence-electron chi connectivity index (χ3n) is 6.84. The minimum absolute atomic E-state index is 0. The van der Waals surface area contributed by atoms with Crippen molar-refractivity contribution >= 4 is 11.6 Å². The molecule has 3 aliphatic rings. The van der Waals surface area contributed by atoms with E-state index < -0.39 is 0 Å². The number of pyridine rings is 1. The van der Waals surface area contributed by atoms with Gasteiger partial charge in [0.2, 0.25) is 17.7 Å². The van der Waals surface area contributed by atoms with Crippen molar-refractivity contribution < 1.29 is 35.4 Å². The molecule has 2 saturated heterocycles. The molecule has 2 fully saturated rings. The number of likely N-dealkylation sites (tertiary alicyclic amines) is 1. The fourth-order valence-corrected chi connectivity index (χ4v) is 4.96. The van der Waals surface area contributed by atoms with Gasteiger partial charge in [0.1, 0.15) is 12.4 Å². The van der Waals surface area contributed by atoms with Crippen molar-refractivity contribution in [3.8, 4) is 11.8 Å². The van der Waals surface area contributed by atoms with Gasteiger partial charge in [-0.2, -0.15) is 0 Å². The van der Waals surface area contributed by atoms with Crippen molar-refractivity contribution in [3.63, 3.8) is 0 Å². The molecule has 5 rings (SSSR count). The van der Waals surface area contributed by atoms with Gasteiger partial charge >= 0.3 is 0 Å². The lowest BCUT2D eigenvalue weighted by molar-refractivity contribution is -0.137. The number of nitrogens with zero attached hydrogens (tertiary/aromatic N) is 5. The maximum Gasteiger partial charge on any atom is 0.225 e. The molecule has 0 aromatic carbocycles. The van der Waals surface area contributed by atoms with Gasteiger partial charge in [-0.1, -0.05) is 0 Å². The summed E-state index contributed by atoms with van der Waals surface area (Å²) in [4.78, 5) is 30.5. The van der Waals surface area contributed by atoms with E-state index in [9.17, 15) is 4.79 Å². The molecule has 0 aliphatic carbocycles. The summed E-state index contributed by atoms with van der Waals surface area (Å²) in [6, 6.07) is 2.10. The van der Waals surface area contributed by atoms with Crippen molar-refractivity contribution in [3.05, 3.63) is 35.4 Å². The van der Waals surface area contributed by atoms with Crippen molar-refractivity contribution in [1.29, 1.82) is 0 Å². The summed E-state index contributed by atoms with van der Waals surface area (Å²) in [6.45, 7) is 6.22. The summed E-state index contributed by atoms with van der Waals surface area (Å²) >= 11 is 0. The largest absolute Gasteiger partial charge is 0.481 e. The van der Waals surface area contributed by atoms with Crippen LogP contribution in [0.1, 0.15) is 36.1 Å². The summed E-state index contributed by atoms with van der Waals surface area (Å²) in [5, 5.41) is 0. The average Bonchev–Trinajstić information content (AvgIpc) is 3.32. The van der Waals surface area contributed by atoms with Crippen LogP contribution < -0.4 is 14.4 Å². The van der Waals surface area contributed by atoms with Crippen molar-refractivity contribution in [2.75, 3.05) is 44.9 Å². The number of carbonyl (C=O) groups is 1. The fourth-order valence-electron chi connectivity index (χ4n) is 4.96. The van der Waals surface area contributed by atoms with Crippen LogP contribution in [0.4, 0.5) is 5.69 Å². The van der Waals surface area contributed by atoms with Gasteiger partial charge in [0.25, 0.3) is 0 Å². The summed E-state index contributed by atoms with van der Waals surface area (Å²) < 4.78 is 17.1. The minimum atomic E-state index is -0.0481. The molecule has 12 nitrogen and oxygen atoms in total. The Labute approximate surface area is 210 Å². The second kappa shape index (κ2) is 12.8. The number of hydrogen-bond donors (Lipinski definition) is 0. The van der Waals surface area contributed by atoms with Gasteiger partial charge in [-0.15, -0.1) is 0 Å². The lowest BCUT2D eigenvalue weighted by atomic mass is 9.99. The van der Waals surface area contributed by atoms with Crippen molar-refractivity contribution in [2.45, 2.75) is 45.3 Å². The first kappa shape index (κ1) is 29.2. The Hall–Kier alpha value is -3.06. The highest BCUT2D eigenvalue weighted by Crippen LogP contribution is 2.31. The molecule has 0 unspecified atom stereocenters. The molecule has 2 aromatic heterocycles. The Morgan fingerprint density at radius 1 is 1.06 bits per heavy atom. The van der Waals surface area contributed by atoms with E-state index in [0.29, 0.717) is 38.1 Å². The first-order chi connectivity index (χ1) is 16.1. The molecule has 3 aliphatic heterocycles. The predicted molar refractivity (Wildman–Crippen MR) is 132 cm³/mol. The molecule has 12 heteroatoms. The number of amides is 1. The van der Waals surface area contributed by atoms with E-state index in [2.05, 4.69) is 25.9 Å². The summed E-state index contributed by atoms with van der Waals surface area (Å²) in [6.07, 6.45) is 6.65. The zero-order valence-corrected chi connectivity index (χ0v) is 20.8. The Bertz CT molecular complexity index is 1020. The number of anilines is 1. The zero-order valence-electron chi connectivity index (χ0n) is 20.8. The van der Waals surface area contributed by atoms with E-state index in [4.69, 9.17) is 14.2 Å². The molecule has 0 bridgehead atoms. The summed E-state index contributed by atoms with van der Waals surface area (Å²) in [5.41, 5.74) is 4.10. The standard InChI is InChI=1S/C24H31N5O4.3H2O/c1-16-11-18(12-25-22(16)31-2)28-8-4-21-20(14-28)23(27-15-26-21)33-19-3-7-29(13-19)24(30)17-5-9-32-10-6-17;;;/h11-12,15,17,19H,3-10,13-14H2,1-2H3;3*1H2/t19-;;;/m0.../s1. The fraction of sp³-hybridized carbons (Fsp3) is 0.583. The van der Waals surface area contributed by atoms with Crippen molar-refractivity contribution in [1.82, 2.24) is 19.9 Å². The second-order valence-electron chi connectivity index (χ2n) is 8.99. The normalized spacial score (nSPS) is 19.3. The predicted octanol–water partition coefficient (Wildman–Crippen LogP) is -0.316. The van der Waals surface area contributed by atoms with Crippen LogP contribution in [-0.4, -0.2) is 88.2 Å². The van der Waals surface area contributed by atoms with E-state index in [1.807, 2.05) is 18.0 Å². The molecule has 5 heterocycles. The number of aryl methyl sites for hydroxylation is 1. The number of ether oxygens (including phenoxy) is 3. The molecular weight excluding hydrogens is 470 g/mol. The van der Waals surface area contributed by atoms with Crippen LogP contribution in [0.2, 0.25) is 0 Å². The average molecular weight is 508 g/mol. The van der Waals surface area contributed by atoms with Crippen LogP contribution >= 0.6 is 0 Å². The van der Waals surface area contributed by atoms with E-state index in [1.165, 1.54) is 0 Å². The van der Waals surface area contributed by atoms with E-state index in [1.54, 1.807) is 13.4 Å². The number of rotatable bonds is 5. The van der Waals surface area contributed by atoms with Crippen LogP contribution in [0.3, 0.4) is 0 Å². The van der Waals surface area contributed by atoms with Gasteiger partial charge in [-0.25, -0.2) is 15.0 Å². The third-order valence-corrected chi connectivity index (χ3v) is 6.84. The molecule has 2 aromatic rings.